The Balaban J connectivity index is 1.31. The average Bonchev–Trinajstić information content (AvgIpc) is 2.55. The monoisotopic (exact) mass is 334 g/mol. The minimum Gasteiger partial charge on any atom is -0.377 e. The van der Waals surface area contributed by atoms with Crippen LogP contribution in [0.15, 0.2) is 24.3 Å². The molecule has 3 rings (SSSR count). The molecule has 0 spiro atoms. The number of ether oxygens (including phenoxy) is 4. The Morgan fingerprint density at radius 3 is 1.50 bits per heavy atom. The van der Waals surface area contributed by atoms with Crippen molar-refractivity contribution < 1.29 is 18.9 Å². The first-order valence-corrected chi connectivity index (χ1v) is 9.26. The molecule has 4 nitrogen and oxygen atoms in total. The van der Waals surface area contributed by atoms with Crippen LogP contribution in [0.5, 0.6) is 0 Å². The maximum atomic E-state index is 5.83. The van der Waals surface area contributed by atoms with Gasteiger partial charge in [0.1, 0.15) is 0 Å². The third-order valence-corrected chi connectivity index (χ3v) is 5.13. The highest BCUT2D eigenvalue weighted by atomic mass is 16.5. The highest BCUT2D eigenvalue weighted by Gasteiger charge is 2.31. The molecular formula is C20H30O4. The molecule has 0 amide bonds. The topological polar surface area (TPSA) is 36.9 Å². The van der Waals surface area contributed by atoms with Crippen LogP contribution in [0.2, 0.25) is 0 Å². The van der Waals surface area contributed by atoms with Gasteiger partial charge in [-0.3, -0.25) is 0 Å². The lowest BCUT2D eigenvalue weighted by Crippen LogP contribution is -2.42. The van der Waals surface area contributed by atoms with Crippen molar-refractivity contribution in [2.45, 2.75) is 52.1 Å². The molecule has 4 heteroatoms. The summed E-state index contributed by atoms with van der Waals surface area (Å²) in [5.74, 6) is 1.15. The summed E-state index contributed by atoms with van der Waals surface area (Å²) in [5.41, 5.74) is 2.43. The molecule has 2 aliphatic rings. The van der Waals surface area contributed by atoms with E-state index >= 15 is 0 Å². The van der Waals surface area contributed by atoms with E-state index in [-0.39, 0.29) is 0 Å². The highest BCUT2D eigenvalue weighted by Crippen LogP contribution is 2.24. The van der Waals surface area contributed by atoms with Crippen LogP contribution in [0.25, 0.3) is 0 Å². The second kappa shape index (κ2) is 8.95. The van der Waals surface area contributed by atoms with Gasteiger partial charge in [0, 0.05) is 11.8 Å². The lowest BCUT2D eigenvalue weighted by atomic mass is 9.97. The van der Waals surface area contributed by atoms with E-state index in [0.29, 0.717) is 37.3 Å². The van der Waals surface area contributed by atoms with Crippen LogP contribution in [0.4, 0.5) is 0 Å². The number of rotatable bonds is 10. The van der Waals surface area contributed by atoms with Crippen molar-refractivity contribution in [3.63, 3.8) is 0 Å². The van der Waals surface area contributed by atoms with Crippen LogP contribution in [-0.2, 0) is 32.2 Å². The molecule has 0 radical (unpaired) electrons. The average molecular weight is 334 g/mol. The second-order valence-corrected chi connectivity index (χ2v) is 6.93. The predicted octanol–water partition coefficient (Wildman–Crippen LogP) is 3.57. The summed E-state index contributed by atoms with van der Waals surface area (Å²) in [6.07, 6.45) is 2.96. The Labute approximate surface area is 145 Å². The zero-order chi connectivity index (χ0) is 16.8. The summed E-state index contributed by atoms with van der Waals surface area (Å²) >= 11 is 0. The van der Waals surface area contributed by atoms with Gasteiger partial charge in [-0.1, -0.05) is 38.1 Å². The third kappa shape index (κ3) is 4.57. The minimum atomic E-state index is 0.401. The van der Waals surface area contributed by atoms with Gasteiger partial charge in [0.05, 0.1) is 51.8 Å². The summed E-state index contributed by atoms with van der Waals surface area (Å²) in [5, 5.41) is 0. The molecule has 1 aromatic rings. The molecule has 0 saturated carbocycles. The van der Waals surface area contributed by atoms with Crippen molar-refractivity contribution in [1.29, 1.82) is 0 Å². The van der Waals surface area contributed by atoms with Gasteiger partial charge >= 0.3 is 0 Å². The number of benzene rings is 1. The van der Waals surface area contributed by atoms with Crippen molar-refractivity contribution >= 4 is 0 Å². The summed E-state index contributed by atoms with van der Waals surface area (Å²) in [6.45, 7) is 8.96. The lowest BCUT2D eigenvalue weighted by Gasteiger charge is -2.36. The molecule has 24 heavy (non-hydrogen) atoms. The fourth-order valence-electron chi connectivity index (χ4n) is 3.34. The summed E-state index contributed by atoms with van der Waals surface area (Å²) in [6, 6.07) is 8.53. The van der Waals surface area contributed by atoms with Gasteiger partial charge < -0.3 is 18.9 Å². The fourth-order valence-corrected chi connectivity index (χ4v) is 3.34. The van der Waals surface area contributed by atoms with E-state index in [1.807, 2.05) is 0 Å². The zero-order valence-electron chi connectivity index (χ0n) is 14.9. The predicted molar refractivity (Wildman–Crippen MR) is 92.8 cm³/mol. The molecular weight excluding hydrogens is 304 g/mol. The molecule has 0 bridgehead atoms. The fraction of sp³-hybridized carbons (Fsp3) is 0.700. The maximum Gasteiger partial charge on any atom is 0.0717 e. The van der Waals surface area contributed by atoms with Gasteiger partial charge in [-0.05, 0) is 24.0 Å². The molecule has 4 atom stereocenters. The molecule has 134 valence electrons. The second-order valence-electron chi connectivity index (χ2n) is 6.93. The number of hydrogen-bond acceptors (Lipinski definition) is 4. The van der Waals surface area contributed by atoms with Gasteiger partial charge in [0.15, 0.2) is 0 Å². The zero-order valence-corrected chi connectivity index (χ0v) is 14.9. The van der Waals surface area contributed by atoms with Gasteiger partial charge in [0.25, 0.3) is 0 Å². The SMILES string of the molecule is CCC1OCC1COCc1ccc(COCC2COC2CC)cc1. The van der Waals surface area contributed by atoms with Crippen LogP contribution in [0, 0.1) is 11.8 Å². The quantitative estimate of drug-likeness (QED) is 0.655. The normalized spacial score (nSPS) is 29.1. The van der Waals surface area contributed by atoms with Crippen molar-refractivity contribution in [2.24, 2.45) is 11.8 Å². The molecule has 2 heterocycles. The smallest absolute Gasteiger partial charge is 0.0717 e. The molecule has 2 fully saturated rings. The number of hydrogen-bond donors (Lipinski definition) is 0. The first kappa shape index (κ1) is 17.9. The Morgan fingerprint density at radius 2 is 1.21 bits per heavy atom. The third-order valence-electron chi connectivity index (χ3n) is 5.13. The lowest BCUT2D eigenvalue weighted by molar-refractivity contribution is -0.142. The summed E-state index contributed by atoms with van der Waals surface area (Å²) < 4.78 is 22.6. The highest BCUT2D eigenvalue weighted by molar-refractivity contribution is 5.21. The van der Waals surface area contributed by atoms with E-state index in [0.717, 1.165) is 39.3 Å². The standard InChI is InChI=1S/C20H30O4/c1-3-19-17(13-23-19)11-21-9-15-5-7-16(8-6-15)10-22-12-18-14-24-20(18)4-2/h5-8,17-20H,3-4,9-14H2,1-2H3. The first-order valence-electron chi connectivity index (χ1n) is 9.26. The van der Waals surface area contributed by atoms with Gasteiger partial charge in [-0.25, -0.2) is 0 Å². The maximum absolute atomic E-state index is 5.83. The van der Waals surface area contributed by atoms with Crippen LogP contribution in [0.1, 0.15) is 37.8 Å². The van der Waals surface area contributed by atoms with Crippen molar-refractivity contribution in [3.8, 4) is 0 Å². The van der Waals surface area contributed by atoms with Crippen LogP contribution in [-0.4, -0.2) is 38.6 Å². The summed E-state index contributed by atoms with van der Waals surface area (Å²) in [7, 11) is 0. The molecule has 0 aromatic heterocycles. The van der Waals surface area contributed by atoms with Gasteiger partial charge in [0.2, 0.25) is 0 Å². The van der Waals surface area contributed by atoms with Crippen molar-refractivity contribution in [2.75, 3.05) is 26.4 Å². The minimum absolute atomic E-state index is 0.401. The Bertz CT molecular complexity index is 438. The Hall–Kier alpha value is -0.940. The van der Waals surface area contributed by atoms with Crippen LogP contribution < -0.4 is 0 Å². The van der Waals surface area contributed by atoms with Crippen molar-refractivity contribution in [3.05, 3.63) is 35.4 Å². The van der Waals surface area contributed by atoms with E-state index in [1.165, 1.54) is 11.1 Å². The van der Waals surface area contributed by atoms with E-state index < -0.39 is 0 Å². The van der Waals surface area contributed by atoms with Gasteiger partial charge in [-0.2, -0.15) is 0 Å². The van der Waals surface area contributed by atoms with Crippen LogP contribution in [0.3, 0.4) is 0 Å². The molecule has 4 unspecified atom stereocenters. The molecule has 2 aliphatic heterocycles. The largest absolute Gasteiger partial charge is 0.377 e. The van der Waals surface area contributed by atoms with E-state index in [2.05, 4.69) is 38.1 Å². The molecule has 0 N–H and O–H groups in total. The Morgan fingerprint density at radius 1 is 0.792 bits per heavy atom. The first-order chi connectivity index (χ1) is 11.8. The summed E-state index contributed by atoms with van der Waals surface area (Å²) in [4.78, 5) is 0. The van der Waals surface area contributed by atoms with Crippen molar-refractivity contribution in [1.82, 2.24) is 0 Å². The molecule has 1 aromatic carbocycles. The van der Waals surface area contributed by atoms with E-state index in [1.54, 1.807) is 0 Å². The van der Waals surface area contributed by atoms with E-state index in [9.17, 15) is 0 Å². The molecule has 0 aliphatic carbocycles. The Kier molecular flexibility index (Phi) is 6.67. The van der Waals surface area contributed by atoms with Crippen LogP contribution >= 0.6 is 0 Å². The van der Waals surface area contributed by atoms with Gasteiger partial charge in [-0.15, -0.1) is 0 Å². The van der Waals surface area contributed by atoms with E-state index in [4.69, 9.17) is 18.9 Å². The molecule has 2 saturated heterocycles.